The third-order valence-corrected chi connectivity index (χ3v) is 6.74. The van der Waals surface area contributed by atoms with Gasteiger partial charge in [-0.2, -0.15) is 0 Å². The summed E-state index contributed by atoms with van der Waals surface area (Å²) < 4.78 is 16.9. The van der Waals surface area contributed by atoms with E-state index < -0.39 is 18.0 Å². The van der Waals surface area contributed by atoms with Crippen LogP contribution in [0.15, 0.2) is 77.2 Å². The number of fused-ring (bicyclic) bond motifs is 2. The molecule has 0 radical (unpaired) electrons. The first-order chi connectivity index (χ1) is 18.1. The Morgan fingerprint density at radius 2 is 1.68 bits per heavy atom. The van der Waals surface area contributed by atoms with Crippen LogP contribution >= 0.6 is 0 Å². The molecule has 1 fully saturated rings. The van der Waals surface area contributed by atoms with Crippen LogP contribution in [0.4, 0.5) is 5.69 Å². The van der Waals surface area contributed by atoms with Crippen molar-refractivity contribution >= 4 is 34.4 Å². The van der Waals surface area contributed by atoms with Crippen LogP contribution in [0.1, 0.15) is 48.5 Å². The summed E-state index contributed by atoms with van der Waals surface area (Å²) in [6.07, 6.45) is 0.0387. The first kappa shape index (κ1) is 23.0. The standard InChI is InChI=1S/C29H24N2O6/c32-27(19-10-11-21-20(16-19)17-24(37-29(21)34)18-6-2-1-3-7-18)30-25-22-8-4-5-9-23(22)36-26(25)28(33)31-12-14-35-15-13-31/h1-11,16,24H,12-15,17H2,(H,30,32). The number of rotatable bonds is 4. The van der Waals surface area contributed by atoms with Gasteiger partial charge in [0.05, 0.1) is 18.8 Å². The van der Waals surface area contributed by atoms with Gasteiger partial charge in [0.1, 0.15) is 17.4 Å². The fourth-order valence-corrected chi connectivity index (χ4v) is 4.81. The highest BCUT2D eigenvalue weighted by Gasteiger charge is 2.30. The molecule has 2 amide bonds. The van der Waals surface area contributed by atoms with Gasteiger partial charge in [-0.25, -0.2) is 4.79 Å². The molecule has 8 nitrogen and oxygen atoms in total. The van der Waals surface area contributed by atoms with Gasteiger partial charge in [-0.1, -0.05) is 42.5 Å². The van der Waals surface area contributed by atoms with Crippen molar-refractivity contribution in [2.45, 2.75) is 12.5 Å². The van der Waals surface area contributed by atoms with E-state index >= 15 is 0 Å². The Bertz CT molecular complexity index is 1500. The van der Waals surface area contributed by atoms with Crippen molar-refractivity contribution in [1.29, 1.82) is 0 Å². The normalized spacial score (nSPS) is 17.2. The van der Waals surface area contributed by atoms with Gasteiger partial charge in [0, 0.05) is 30.5 Å². The minimum Gasteiger partial charge on any atom is -0.454 e. The molecule has 37 heavy (non-hydrogen) atoms. The molecular formula is C29H24N2O6. The molecule has 2 aliphatic heterocycles. The molecule has 1 unspecified atom stereocenters. The molecular weight excluding hydrogens is 472 g/mol. The third-order valence-electron chi connectivity index (χ3n) is 6.74. The first-order valence-electron chi connectivity index (χ1n) is 12.2. The zero-order chi connectivity index (χ0) is 25.4. The lowest BCUT2D eigenvalue weighted by molar-refractivity contribution is 0.0252. The number of nitrogens with zero attached hydrogens (tertiary/aromatic N) is 1. The molecule has 8 heteroatoms. The van der Waals surface area contributed by atoms with Crippen molar-refractivity contribution in [3.63, 3.8) is 0 Å². The zero-order valence-electron chi connectivity index (χ0n) is 19.9. The van der Waals surface area contributed by atoms with E-state index in [1.54, 1.807) is 35.2 Å². The van der Waals surface area contributed by atoms with Crippen molar-refractivity contribution in [3.8, 4) is 0 Å². The number of cyclic esters (lactones) is 1. The summed E-state index contributed by atoms with van der Waals surface area (Å²) in [5, 5.41) is 3.54. The summed E-state index contributed by atoms with van der Waals surface area (Å²) in [6, 6.07) is 21.6. The van der Waals surface area contributed by atoms with Gasteiger partial charge in [-0.05, 0) is 41.5 Å². The van der Waals surface area contributed by atoms with E-state index in [0.717, 1.165) is 11.1 Å². The molecule has 2 aliphatic rings. The Morgan fingerprint density at radius 1 is 0.919 bits per heavy atom. The van der Waals surface area contributed by atoms with Crippen LogP contribution in [0, 0.1) is 0 Å². The molecule has 0 spiro atoms. The van der Waals surface area contributed by atoms with Gasteiger partial charge in [-0.3, -0.25) is 9.59 Å². The number of furan rings is 1. The van der Waals surface area contributed by atoms with Crippen molar-refractivity contribution in [2.24, 2.45) is 0 Å². The molecule has 0 bridgehead atoms. The smallest absolute Gasteiger partial charge is 0.339 e. The van der Waals surface area contributed by atoms with Crippen LogP contribution in [-0.4, -0.2) is 49.0 Å². The van der Waals surface area contributed by atoms with Crippen LogP contribution in [0.3, 0.4) is 0 Å². The van der Waals surface area contributed by atoms with Crippen LogP contribution in [0.25, 0.3) is 11.0 Å². The van der Waals surface area contributed by atoms with E-state index in [2.05, 4.69) is 5.32 Å². The second kappa shape index (κ2) is 9.55. The fraction of sp³-hybridized carbons (Fsp3) is 0.207. The Kier molecular flexibility index (Phi) is 5.94. The molecule has 0 saturated carbocycles. The minimum atomic E-state index is -0.421. The summed E-state index contributed by atoms with van der Waals surface area (Å²) in [7, 11) is 0. The molecule has 4 aromatic rings. The predicted molar refractivity (Wildman–Crippen MR) is 136 cm³/mol. The Balaban J connectivity index is 1.31. The first-order valence-corrected chi connectivity index (χ1v) is 12.2. The number of anilines is 1. The number of hydrogen-bond acceptors (Lipinski definition) is 6. The van der Waals surface area contributed by atoms with Gasteiger partial charge in [0.2, 0.25) is 5.76 Å². The van der Waals surface area contributed by atoms with Gasteiger partial charge >= 0.3 is 5.97 Å². The van der Waals surface area contributed by atoms with Crippen LogP contribution in [0.2, 0.25) is 0 Å². The van der Waals surface area contributed by atoms with Crippen LogP contribution < -0.4 is 5.32 Å². The Hall–Kier alpha value is -4.43. The SMILES string of the molecule is O=C(Nc1c(C(=O)N2CCOCC2)oc2ccccc12)c1ccc2c(c1)CC(c1ccccc1)OC2=O. The highest BCUT2D eigenvalue weighted by molar-refractivity contribution is 6.14. The number of carbonyl (C=O) groups excluding carboxylic acids is 3. The Morgan fingerprint density at radius 3 is 2.49 bits per heavy atom. The number of amides is 2. The van der Waals surface area contributed by atoms with Crippen molar-refractivity contribution < 1.29 is 28.3 Å². The van der Waals surface area contributed by atoms with E-state index in [0.29, 0.717) is 60.5 Å². The molecule has 1 N–H and O–H groups in total. The van der Waals surface area contributed by atoms with Gasteiger partial charge in [-0.15, -0.1) is 0 Å². The summed E-state index contributed by atoms with van der Waals surface area (Å²) in [4.78, 5) is 41.0. The molecule has 1 saturated heterocycles. The van der Waals surface area contributed by atoms with Gasteiger partial charge in [0.15, 0.2) is 0 Å². The number of hydrogen-bond donors (Lipinski definition) is 1. The van der Waals surface area contributed by atoms with E-state index in [1.807, 2.05) is 42.5 Å². The number of carbonyl (C=O) groups is 3. The molecule has 186 valence electrons. The minimum absolute atomic E-state index is 0.0853. The second-order valence-corrected chi connectivity index (χ2v) is 9.04. The largest absolute Gasteiger partial charge is 0.454 e. The number of esters is 1. The van der Waals surface area contributed by atoms with E-state index in [-0.39, 0.29) is 11.7 Å². The average molecular weight is 497 g/mol. The number of benzene rings is 3. The molecule has 6 rings (SSSR count). The summed E-state index contributed by atoms with van der Waals surface area (Å²) in [6.45, 7) is 1.81. The van der Waals surface area contributed by atoms with Crippen LogP contribution in [-0.2, 0) is 15.9 Å². The van der Waals surface area contributed by atoms with Gasteiger partial charge in [0.25, 0.3) is 11.8 Å². The maximum atomic E-state index is 13.4. The average Bonchev–Trinajstić information content (AvgIpc) is 3.31. The molecule has 3 aromatic carbocycles. The lowest BCUT2D eigenvalue weighted by Crippen LogP contribution is -2.40. The number of morpholine rings is 1. The monoisotopic (exact) mass is 496 g/mol. The van der Waals surface area contributed by atoms with E-state index in [1.165, 1.54) is 0 Å². The summed E-state index contributed by atoms with van der Waals surface area (Å²) in [5.41, 5.74) is 3.28. The van der Waals surface area contributed by atoms with Crippen molar-refractivity contribution in [2.75, 3.05) is 31.6 Å². The number of ether oxygens (including phenoxy) is 2. The van der Waals surface area contributed by atoms with Gasteiger partial charge < -0.3 is 24.1 Å². The van der Waals surface area contributed by atoms with Crippen molar-refractivity contribution in [1.82, 2.24) is 4.90 Å². The third kappa shape index (κ3) is 4.36. The maximum Gasteiger partial charge on any atom is 0.339 e. The summed E-state index contributed by atoms with van der Waals surface area (Å²) >= 11 is 0. The molecule has 0 aliphatic carbocycles. The second-order valence-electron chi connectivity index (χ2n) is 9.04. The zero-order valence-corrected chi connectivity index (χ0v) is 19.9. The quantitative estimate of drug-likeness (QED) is 0.415. The molecule has 1 aromatic heterocycles. The fourth-order valence-electron chi connectivity index (χ4n) is 4.81. The van der Waals surface area contributed by atoms with E-state index in [9.17, 15) is 14.4 Å². The summed E-state index contributed by atoms with van der Waals surface area (Å²) in [5.74, 6) is -1.03. The molecule has 1 atom stereocenters. The predicted octanol–water partition coefficient (Wildman–Crippen LogP) is 4.61. The van der Waals surface area contributed by atoms with Crippen LogP contribution in [0.5, 0.6) is 0 Å². The highest BCUT2D eigenvalue weighted by Crippen LogP contribution is 2.34. The highest BCUT2D eigenvalue weighted by atomic mass is 16.5. The lowest BCUT2D eigenvalue weighted by atomic mass is 9.93. The lowest BCUT2D eigenvalue weighted by Gasteiger charge is -2.26. The number of para-hydroxylation sites is 1. The topological polar surface area (TPSA) is 98.1 Å². The van der Waals surface area contributed by atoms with Crippen molar-refractivity contribution in [3.05, 3.63) is 101 Å². The van der Waals surface area contributed by atoms with E-state index in [4.69, 9.17) is 13.9 Å². The maximum absolute atomic E-state index is 13.4. The number of nitrogens with one attached hydrogen (secondary N) is 1. The Labute approximate surface area is 212 Å². The molecule has 3 heterocycles.